The van der Waals surface area contributed by atoms with Crippen LogP contribution in [0, 0.1) is 30.0 Å². The van der Waals surface area contributed by atoms with Crippen molar-refractivity contribution in [2.24, 2.45) is 17.3 Å². The zero-order valence-corrected chi connectivity index (χ0v) is 13.5. The Kier molecular flexibility index (Phi) is 4.70. The highest BCUT2D eigenvalue weighted by molar-refractivity contribution is 5.93. The van der Waals surface area contributed by atoms with Gasteiger partial charge in [0, 0.05) is 11.6 Å². The molecule has 1 N–H and O–H groups in total. The molecular formula is C18H26FNO. The average molecular weight is 291 g/mol. The molecule has 0 radical (unpaired) electrons. The predicted molar refractivity (Wildman–Crippen MR) is 84.7 cm³/mol. The Balaban J connectivity index is 1.95. The first kappa shape index (κ1) is 16.0. The molecule has 1 aliphatic carbocycles. The van der Waals surface area contributed by atoms with Crippen LogP contribution in [-0.4, -0.2) is 5.91 Å². The third kappa shape index (κ3) is 4.05. The minimum absolute atomic E-state index is 0.0380. The van der Waals surface area contributed by atoms with Crippen molar-refractivity contribution in [3.05, 3.63) is 29.6 Å². The molecule has 3 heteroatoms. The standard InChI is InChI=1S/C18H26FNO/c1-12-5-10-15(19)11-16(12)20-17(21)13-6-8-14(9-7-13)18(2,3)4/h5,10-11,13-14H,6-9H2,1-4H3,(H,20,21). The molecule has 0 spiro atoms. The summed E-state index contributed by atoms with van der Waals surface area (Å²) in [5.41, 5.74) is 1.81. The van der Waals surface area contributed by atoms with Crippen LogP contribution in [0.15, 0.2) is 18.2 Å². The monoisotopic (exact) mass is 291 g/mol. The van der Waals surface area contributed by atoms with E-state index in [9.17, 15) is 9.18 Å². The van der Waals surface area contributed by atoms with Crippen LogP contribution < -0.4 is 5.32 Å². The largest absolute Gasteiger partial charge is 0.326 e. The minimum atomic E-state index is -0.313. The Morgan fingerprint density at radius 3 is 2.38 bits per heavy atom. The van der Waals surface area contributed by atoms with Gasteiger partial charge in [-0.05, 0) is 61.6 Å². The summed E-state index contributed by atoms with van der Waals surface area (Å²) in [4.78, 5) is 12.4. The van der Waals surface area contributed by atoms with Crippen molar-refractivity contribution in [2.75, 3.05) is 5.32 Å². The number of hydrogen-bond acceptors (Lipinski definition) is 1. The number of rotatable bonds is 2. The van der Waals surface area contributed by atoms with Crippen LogP contribution in [0.2, 0.25) is 0 Å². The van der Waals surface area contributed by atoms with Crippen molar-refractivity contribution in [2.45, 2.75) is 53.4 Å². The van der Waals surface area contributed by atoms with E-state index >= 15 is 0 Å². The normalized spacial score (nSPS) is 22.9. The maximum atomic E-state index is 13.3. The van der Waals surface area contributed by atoms with Gasteiger partial charge in [-0.25, -0.2) is 4.39 Å². The van der Waals surface area contributed by atoms with Gasteiger partial charge >= 0.3 is 0 Å². The summed E-state index contributed by atoms with van der Waals surface area (Å²) < 4.78 is 13.3. The first-order valence-electron chi connectivity index (χ1n) is 7.84. The average Bonchev–Trinajstić information content (AvgIpc) is 2.42. The second kappa shape index (κ2) is 6.17. The van der Waals surface area contributed by atoms with Crippen LogP contribution >= 0.6 is 0 Å². The van der Waals surface area contributed by atoms with Crippen molar-refractivity contribution < 1.29 is 9.18 Å². The third-order valence-electron chi connectivity index (χ3n) is 4.78. The predicted octanol–water partition coefficient (Wildman–Crippen LogP) is 4.93. The Labute approximate surface area is 127 Å². The van der Waals surface area contributed by atoms with Gasteiger partial charge in [0.15, 0.2) is 0 Å². The number of nitrogens with one attached hydrogen (secondary N) is 1. The van der Waals surface area contributed by atoms with Gasteiger partial charge in [-0.15, -0.1) is 0 Å². The lowest BCUT2D eigenvalue weighted by Gasteiger charge is -2.36. The maximum absolute atomic E-state index is 13.3. The molecule has 116 valence electrons. The molecule has 0 bridgehead atoms. The van der Waals surface area contributed by atoms with E-state index in [4.69, 9.17) is 0 Å². The number of hydrogen-bond donors (Lipinski definition) is 1. The van der Waals surface area contributed by atoms with Gasteiger partial charge in [0.2, 0.25) is 5.91 Å². The highest BCUT2D eigenvalue weighted by atomic mass is 19.1. The van der Waals surface area contributed by atoms with E-state index in [1.807, 2.05) is 6.92 Å². The fraction of sp³-hybridized carbons (Fsp3) is 0.611. The van der Waals surface area contributed by atoms with Gasteiger partial charge in [0.05, 0.1) is 0 Å². The molecule has 0 aliphatic heterocycles. The highest BCUT2D eigenvalue weighted by Crippen LogP contribution is 2.40. The number of amides is 1. The van der Waals surface area contributed by atoms with Crippen molar-refractivity contribution >= 4 is 11.6 Å². The molecule has 1 fully saturated rings. The van der Waals surface area contributed by atoms with Crippen LogP contribution in [0.1, 0.15) is 52.0 Å². The Hall–Kier alpha value is -1.38. The molecule has 0 saturated heterocycles. The molecular weight excluding hydrogens is 265 g/mol. The molecule has 0 heterocycles. The second-order valence-corrected chi connectivity index (χ2v) is 7.36. The zero-order valence-electron chi connectivity index (χ0n) is 13.5. The Morgan fingerprint density at radius 1 is 1.19 bits per heavy atom. The van der Waals surface area contributed by atoms with Crippen LogP contribution in [-0.2, 0) is 4.79 Å². The molecule has 1 aliphatic rings. The summed E-state index contributed by atoms with van der Waals surface area (Å²) in [6, 6.07) is 4.51. The van der Waals surface area contributed by atoms with Gasteiger partial charge in [-0.2, -0.15) is 0 Å². The lowest BCUT2D eigenvalue weighted by atomic mass is 9.69. The smallest absolute Gasteiger partial charge is 0.227 e. The van der Waals surface area contributed by atoms with Crippen LogP contribution in [0.3, 0.4) is 0 Å². The van der Waals surface area contributed by atoms with Crippen molar-refractivity contribution in [1.82, 2.24) is 0 Å². The van der Waals surface area contributed by atoms with Crippen LogP contribution in [0.25, 0.3) is 0 Å². The van der Waals surface area contributed by atoms with Crippen LogP contribution in [0.5, 0.6) is 0 Å². The highest BCUT2D eigenvalue weighted by Gasteiger charge is 2.32. The van der Waals surface area contributed by atoms with Gasteiger partial charge < -0.3 is 5.32 Å². The van der Waals surface area contributed by atoms with Gasteiger partial charge in [0.25, 0.3) is 0 Å². The summed E-state index contributed by atoms with van der Waals surface area (Å²) in [5.74, 6) is 0.479. The van der Waals surface area contributed by atoms with E-state index in [1.165, 1.54) is 12.1 Å². The number of aryl methyl sites for hydroxylation is 1. The summed E-state index contributed by atoms with van der Waals surface area (Å²) in [6.45, 7) is 8.70. The fourth-order valence-corrected chi connectivity index (χ4v) is 3.19. The van der Waals surface area contributed by atoms with Crippen molar-refractivity contribution in [3.63, 3.8) is 0 Å². The van der Waals surface area contributed by atoms with E-state index < -0.39 is 0 Å². The maximum Gasteiger partial charge on any atom is 0.227 e. The minimum Gasteiger partial charge on any atom is -0.326 e. The molecule has 21 heavy (non-hydrogen) atoms. The second-order valence-electron chi connectivity index (χ2n) is 7.36. The van der Waals surface area contributed by atoms with E-state index in [0.717, 1.165) is 31.2 Å². The summed E-state index contributed by atoms with van der Waals surface area (Å²) in [5, 5.41) is 2.90. The lowest BCUT2D eigenvalue weighted by Crippen LogP contribution is -2.31. The van der Waals surface area contributed by atoms with E-state index in [-0.39, 0.29) is 17.6 Å². The molecule has 0 atom stereocenters. The molecule has 0 unspecified atom stereocenters. The van der Waals surface area contributed by atoms with E-state index in [1.54, 1.807) is 6.07 Å². The lowest BCUT2D eigenvalue weighted by molar-refractivity contribution is -0.121. The number of benzene rings is 1. The van der Waals surface area contributed by atoms with Gasteiger partial charge in [-0.1, -0.05) is 26.8 Å². The first-order chi connectivity index (χ1) is 9.77. The van der Waals surface area contributed by atoms with Crippen LogP contribution in [0.4, 0.5) is 10.1 Å². The fourth-order valence-electron chi connectivity index (χ4n) is 3.19. The molecule has 2 nitrogen and oxygen atoms in total. The van der Waals surface area contributed by atoms with Crippen molar-refractivity contribution in [1.29, 1.82) is 0 Å². The zero-order chi connectivity index (χ0) is 15.6. The summed E-state index contributed by atoms with van der Waals surface area (Å²) in [7, 11) is 0. The van der Waals surface area contributed by atoms with Crippen molar-refractivity contribution in [3.8, 4) is 0 Å². The van der Waals surface area contributed by atoms with Gasteiger partial charge in [0.1, 0.15) is 5.82 Å². The number of anilines is 1. The quantitative estimate of drug-likeness (QED) is 0.823. The molecule has 2 rings (SSSR count). The molecule has 1 aromatic rings. The first-order valence-corrected chi connectivity index (χ1v) is 7.84. The summed E-state index contributed by atoms with van der Waals surface area (Å²) in [6.07, 6.45) is 4.07. The van der Waals surface area contributed by atoms with E-state index in [2.05, 4.69) is 26.1 Å². The third-order valence-corrected chi connectivity index (χ3v) is 4.78. The number of carbonyl (C=O) groups is 1. The Bertz CT molecular complexity index is 510. The Morgan fingerprint density at radius 2 is 1.81 bits per heavy atom. The number of halogens is 1. The SMILES string of the molecule is Cc1ccc(F)cc1NC(=O)C1CCC(C(C)(C)C)CC1. The van der Waals surface area contributed by atoms with E-state index in [0.29, 0.717) is 17.0 Å². The molecule has 1 aromatic carbocycles. The molecule has 0 aromatic heterocycles. The molecule has 1 amide bonds. The van der Waals surface area contributed by atoms with Gasteiger partial charge in [-0.3, -0.25) is 4.79 Å². The molecule has 1 saturated carbocycles. The summed E-state index contributed by atoms with van der Waals surface area (Å²) >= 11 is 0. The topological polar surface area (TPSA) is 29.1 Å². The number of carbonyl (C=O) groups excluding carboxylic acids is 1.